The Morgan fingerprint density at radius 3 is 2.33 bits per heavy atom. The molecule has 1 aliphatic heterocycles. The van der Waals surface area contributed by atoms with Crippen molar-refractivity contribution in [3.8, 4) is 5.75 Å². The van der Waals surface area contributed by atoms with E-state index >= 15 is 0 Å². The van der Waals surface area contributed by atoms with Crippen LogP contribution in [0, 0.1) is 0 Å². The molecule has 21 heavy (non-hydrogen) atoms. The van der Waals surface area contributed by atoms with Crippen LogP contribution in [0.2, 0.25) is 0 Å². The molecule has 4 heteroatoms. The summed E-state index contributed by atoms with van der Waals surface area (Å²) in [6, 6.07) is 16.8. The summed E-state index contributed by atoms with van der Waals surface area (Å²) in [5, 5.41) is 0. The van der Waals surface area contributed by atoms with E-state index in [2.05, 4.69) is 0 Å². The van der Waals surface area contributed by atoms with Crippen molar-refractivity contribution in [1.29, 1.82) is 0 Å². The molecular weight excluding hydrogens is 268 g/mol. The predicted molar refractivity (Wildman–Crippen MR) is 75.9 cm³/mol. The molecule has 0 amide bonds. The largest absolute Gasteiger partial charge is 0.489 e. The van der Waals surface area contributed by atoms with Crippen molar-refractivity contribution in [3.05, 3.63) is 65.7 Å². The van der Waals surface area contributed by atoms with Gasteiger partial charge in [0, 0.05) is 0 Å². The first kappa shape index (κ1) is 13.4. The molecule has 0 bridgehead atoms. The van der Waals surface area contributed by atoms with Gasteiger partial charge in [-0.2, -0.15) is 0 Å². The van der Waals surface area contributed by atoms with Crippen molar-refractivity contribution < 1.29 is 19.1 Å². The van der Waals surface area contributed by atoms with Gasteiger partial charge in [-0.3, -0.25) is 9.59 Å². The Kier molecular flexibility index (Phi) is 3.69. The average Bonchev–Trinajstić information content (AvgIpc) is 2.86. The lowest BCUT2D eigenvalue weighted by Gasteiger charge is -2.08. The van der Waals surface area contributed by atoms with E-state index in [1.165, 1.54) is 0 Å². The standard InChI is InChI=1S/C17H14O4/c18-15-11-21-17(19)16(15)13-6-8-14(9-7-13)20-10-12-4-2-1-3-5-12/h1-9,16H,10-11H2. The maximum absolute atomic E-state index is 11.6. The lowest BCUT2D eigenvalue weighted by atomic mass is 9.97. The lowest BCUT2D eigenvalue weighted by molar-refractivity contribution is -0.139. The smallest absolute Gasteiger partial charge is 0.321 e. The van der Waals surface area contributed by atoms with E-state index in [1.54, 1.807) is 24.3 Å². The quantitative estimate of drug-likeness (QED) is 0.638. The summed E-state index contributed by atoms with van der Waals surface area (Å²) >= 11 is 0. The zero-order valence-corrected chi connectivity index (χ0v) is 11.3. The van der Waals surface area contributed by atoms with Gasteiger partial charge in [-0.25, -0.2) is 0 Å². The number of hydrogen-bond acceptors (Lipinski definition) is 4. The Labute approximate surface area is 122 Å². The van der Waals surface area contributed by atoms with Crippen molar-refractivity contribution in [3.63, 3.8) is 0 Å². The monoisotopic (exact) mass is 282 g/mol. The zero-order chi connectivity index (χ0) is 14.7. The average molecular weight is 282 g/mol. The first-order valence-corrected chi connectivity index (χ1v) is 6.70. The van der Waals surface area contributed by atoms with Gasteiger partial charge in [0.15, 0.2) is 12.4 Å². The molecule has 106 valence electrons. The van der Waals surface area contributed by atoms with Crippen LogP contribution in [-0.2, 0) is 20.9 Å². The van der Waals surface area contributed by atoms with Gasteiger partial charge in [-0.1, -0.05) is 42.5 Å². The third kappa shape index (κ3) is 2.94. The minimum absolute atomic E-state index is 0.129. The summed E-state index contributed by atoms with van der Waals surface area (Å²) in [5.41, 5.74) is 1.73. The molecule has 0 aliphatic carbocycles. The predicted octanol–water partition coefficient (Wildman–Crippen LogP) is 2.48. The van der Waals surface area contributed by atoms with E-state index in [4.69, 9.17) is 9.47 Å². The molecule has 1 atom stereocenters. The Balaban J connectivity index is 1.67. The van der Waals surface area contributed by atoms with E-state index < -0.39 is 11.9 Å². The number of cyclic esters (lactones) is 1. The Morgan fingerprint density at radius 1 is 1.00 bits per heavy atom. The molecule has 0 spiro atoms. The second-order valence-corrected chi connectivity index (χ2v) is 4.85. The summed E-state index contributed by atoms with van der Waals surface area (Å²) in [4.78, 5) is 23.1. The molecule has 1 heterocycles. The van der Waals surface area contributed by atoms with Crippen molar-refractivity contribution in [2.45, 2.75) is 12.5 Å². The maximum atomic E-state index is 11.6. The van der Waals surface area contributed by atoms with Crippen LogP contribution >= 0.6 is 0 Å². The SMILES string of the molecule is O=C1COC(=O)C1c1ccc(OCc2ccccc2)cc1. The van der Waals surface area contributed by atoms with Gasteiger partial charge < -0.3 is 9.47 Å². The number of carbonyl (C=O) groups excluding carboxylic acids is 2. The van der Waals surface area contributed by atoms with Gasteiger partial charge in [-0.15, -0.1) is 0 Å². The topological polar surface area (TPSA) is 52.6 Å². The van der Waals surface area contributed by atoms with Crippen LogP contribution in [0.3, 0.4) is 0 Å². The van der Waals surface area contributed by atoms with E-state index in [9.17, 15) is 9.59 Å². The maximum Gasteiger partial charge on any atom is 0.321 e. The Hall–Kier alpha value is -2.62. The van der Waals surface area contributed by atoms with Gasteiger partial charge >= 0.3 is 5.97 Å². The summed E-state index contributed by atoms with van der Waals surface area (Å²) in [7, 11) is 0. The molecule has 4 nitrogen and oxygen atoms in total. The van der Waals surface area contributed by atoms with Crippen LogP contribution in [-0.4, -0.2) is 18.4 Å². The lowest BCUT2D eigenvalue weighted by Crippen LogP contribution is -2.12. The summed E-state index contributed by atoms with van der Waals surface area (Å²) in [5.74, 6) is -0.759. The first-order valence-electron chi connectivity index (χ1n) is 6.70. The fraction of sp³-hybridized carbons (Fsp3) is 0.176. The van der Waals surface area contributed by atoms with E-state index in [0.29, 0.717) is 17.9 Å². The van der Waals surface area contributed by atoms with Crippen LogP contribution < -0.4 is 4.74 Å². The molecule has 0 radical (unpaired) electrons. The molecule has 1 saturated heterocycles. The number of Topliss-reactive ketones (excluding diaryl/α,β-unsaturated/α-hetero) is 1. The fourth-order valence-corrected chi connectivity index (χ4v) is 2.26. The molecular formula is C17H14O4. The molecule has 0 saturated carbocycles. The second kappa shape index (κ2) is 5.79. The molecule has 2 aromatic rings. The van der Waals surface area contributed by atoms with E-state index in [-0.39, 0.29) is 12.4 Å². The van der Waals surface area contributed by atoms with Crippen LogP contribution in [0.25, 0.3) is 0 Å². The molecule has 3 rings (SSSR count). The molecule has 2 aromatic carbocycles. The highest BCUT2D eigenvalue weighted by molar-refractivity contribution is 6.09. The van der Waals surface area contributed by atoms with Crippen molar-refractivity contribution in [2.75, 3.05) is 6.61 Å². The van der Waals surface area contributed by atoms with Gasteiger partial charge in [-0.05, 0) is 23.3 Å². The number of ketones is 1. The number of ether oxygens (including phenoxy) is 2. The number of rotatable bonds is 4. The summed E-state index contributed by atoms with van der Waals surface area (Å²) < 4.78 is 10.4. The van der Waals surface area contributed by atoms with Crippen LogP contribution in [0.5, 0.6) is 5.75 Å². The number of benzene rings is 2. The van der Waals surface area contributed by atoms with Crippen LogP contribution in [0.15, 0.2) is 54.6 Å². The van der Waals surface area contributed by atoms with Crippen molar-refractivity contribution in [1.82, 2.24) is 0 Å². The Morgan fingerprint density at radius 2 is 1.71 bits per heavy atom. The minimum Gasteiger partial charge on any atom is -0.489 e. The highest BCUT2D eigenvalue weighted by atomic mass is 16.5. The fourth-order valence-electron chi connectivity index (χ4n) is 2.26. The third-order valence-electron chi connectivity index (χ3n) is 3.38. The summed E-state index contributed by atoms with van der Waals surface area (Å²) in [6.07, 6.45) is 0. The zero-order valence-electron chi connectivity index (χ0n) is 11.3. The number of carbonyl (C=O) groups is 2. The molecule has 1 fully saturated rings. The molecule has 0 aromatic heterocycles. The second-order valence-electron chi connectivity index (χ2n) is 4.85. The molecule has 1 unspecified atom stereocenters. The van der Waals surface area contributed by atoms with Crippen molar-refractivity contribution in [2.24, 2.45) is 0 Å². The first-order chi connectivity index (χ1) is 10.2. The van der Waals surface area contributed by atoms with Gasteiger partial charge in [0.25, 0.3) is 0 Å². The van der Waals surface area contributed by atoms with Gasteiger partial charge in [0.1, 0.15) is 18.3 Å². The third-order valence-corrected chi connectivity index (χ3v) is 3.38. The van der Waals surface area contributed by atoms with Crippen molar-refractivity contribution >= 4 is 11.8 Å². The van der Waals surface area contributed by atoms with E-state index in [0.717, 1.165) is 5.56 Å². The number of esters is 1. The highest BCUT2D eigenvalue weighted by Gasteiger charge is 2.36. The minimum atomic E-state index is -0.784. The van der Waals surface area contributed by atoms with Gasteiger partial charge in [0.2, 0.25) is 0 Å². The number of hydrogen-bond donors (Lipinski definition) is 0. The highest BCUT2D eigenvalue weighted by Crippen LogP contribution is 2.25. The summed E-state index contributed by atoms with van der Waals surface area (Å²) in [6.45, 7) is 0.348. The van der Waals surface area contributed by atoms with Crippen LogP contribution in [0.4, 0.5) is 0 Å². The normalized spacial score (nSPS) is 17.6. The van der Waals surface area contributed by atoms with Crippen LogP contribution in [0.1, 0.15) is 17.0 Å². The molecule has 1 aliphatic rings. The van der Waals surface area contributed by atoms with Gasteiger partial charge in [0.05, 0.1) is 0 Å². The molecule has 0 N–H and O–H groups in total. The van der Waals surface area contributed by atoms with E-state index in [1.807, 2.05) is 30.3 Å². The Bertz CT molecular complexity index is 630.